The molecule has 0 aliphatic heterocycles. The molecule has 5 heteroatoms. The number of benzene rings is 3. The molecule has 0 spiro atoms. The first kappa shape index (κ1) is 21.7. The molecule has 1 aromatic heterocycles. The Morgan fingerprint density at radius 3 is 2.50 bits per heavy atom. The van der Waals surface area contributed by atoms with Crippen molar-refractivity contribution < 1.29 is 9.90 Å². The van der Waals surface area contributed by atoms with Gasteiger partial charge in [0.05, 0.1) is 18.5 Å². The van der Waals surface area contributed by atoms with Gasteiger partial charge in [-0.25, -0.2) is 0 Å². The number of nitrogens with zero attached hydrogens (tertiary/aromatic N) is 1. The van der Waals surface area contributed by atoms with Crippen LogP contribution in [0.3, 0.4) is 0 Å². The number of hydrogen-bond acceptors (Lipinski definition) is 4. The van der Waals surface area contributed by atoms with E-state index in [0.717, 1.165) is 50.1 Å². The summed E-state index contributed by atoms with van der Waals surface area (Å²) in [5, 5.41) is 13.8. The van der Waals surface area contributed by atoms with E-state index >= 15 is 0 Å². The maximum atomic E-state index is 12.7. The van der Waals surface area contributed by atoms with Crippen molar-refractivity contribution in [3.05, 3.63) is 106 Å². The molecule has 1 heterocycles. The minimum absolute atomic E-state index is 0.0265. The largest absolute Gasteiger partial charge is 0.392 e. The minimum Gasteiger partial charge on any atom is -0.392 e. The smallest absolute Gasteiger partial charge is 0.228 e. The maximum absolute atomic E-state index is 12.7. The number of aryl methyl sites for hydroxylation is 1. The predicted molar refractivity (Wildman–Crippen MR) is 128 cm³/mol. The van der Waals surface area contributed by atoms with Crippen LogP contribution in [0.15, 0.2) is 72.8 Å². The monoisotopic (exact) mass is 425 g/mol. The predicted octanol–water partition coefficient (Wildman–Crippen LogP) is 4.27. The normalized spacial score (nSPS) is 11.0. The zero-order chi connectivity index (χ0) is 22.5. The molecule has 4 N–H and O–H groups in total. The Morgan fingerprint density at radius 2 is 1.69 bits per heavy atom. The topological polar surface area (TPSA) is 88.2 Å². The third-order valence-electron chi connectivity index (χ3n) is 5.57. The maximum Gasteiger partial charge on any atom is 0.228 e. The van der Waals surface area contributed by atoms with Crippen molar-refractivity contribution in [1.29, 1.82) is 0 Å². The highest BCUT2D eigenvalue weighted by Gasteiger charge is 2.12. The van der Waals surface area contributed by atoms with Crippen LogP contribution in [0.5, 0.6) is 0 Å². The van der Waals surface area contributed by atoms with Gasteiger partial charge in [-0.2, -0.15) is 0 Å². The van der Waals surface area contributed by atoms with E-state index in [1.54, 1.807) is 0 Å². The standard InChI is InChI=1S/C27H27N3O2/c1-18-12-23(17-31)24-10-5-9-22(27(24)29-18)15-21-8-2-3-11-25(21)30-26(32)14-19-6-4-7-20(13-19)16-28/h2-13,31H,14-17,28H2,1H3,(H,30,32). The third kappa shape index (κ3) is 4.85. The Kier molecular flexibility index (Phi) is 6.59. The van der Waals surface area contributed by atoms with Gasteiger partial charge in [-0.1, -0.05) is 60.7 Å². The minimum atomic E-state index is -0.0684. The van der Waals surface area contributed by atoms with E-state index in [2.05, 4.69) is 5.32 Å². The van der Waals surface area contributed by atoms with Gasteiger partial charge in [0.15, 0.2) is 0 Å². The van der Waals surface area contributed by atoms with E-state index < -0.39 is 0 Å². The summed E-state index contributed by atoms with van der Waals surface area (Å²) in [6.45, 7) is 2.36. The van der Waals surface area contributed by atoms with Gasteiger partial charge in [-0.05, 0) is 46.9 Å². The van der Waals surface area contributed by atoms with Gasteiger partial charge < -0.3 is 16.2 Å². The number of anilines is 1. The number of nitrogens with one attached hydrogen (secondary N) is 1. The van der Waals surface area contributed by atoms with Gasteiger partial charge in [-0.3, -0.25) is 9.78 Å². The van der Waals surface area contributed by atoms with E-state index in [0.29, 0.717) is 13.0 Å². The quantitative estimate of drug-likeness (QED) is 0.413. The first-order valence-electron chi connectivity index (χ1n) is 10.7. The van der Waals surface area contributed by atoms with Crippen molar-refractivity contribution in [3.63, 3.8) is 0 Å². The molecule has 0 bridgehead atoms. The zero-order valence-corrected chi connectivity index (χ0v) is 18.1. The molecule has 0 aliphatic carbocycles. The van der Waals surface area contributed by atoms with Crippen LogP contribution in [0.25, 0.3) is 10.9 Å². The van der Waals surface area contributed by atoms with Gasteiger partial charge in [-0.15, -0.1) is 0 Å². The summed E-state index contributed by atoms with van der Waals surface area (Å²) in [5.74, 6) is -0.0684. The van der Waals surface area contributed by atoms with Crippen LogP contribution in [0.1, 0.15) is 33.5 Å². The molecule has 0 atom stereocenters. The molecule has 4 aromatic rings. The van der Waals surface area contributed by atoms with Gasteiger partial charge in [0, 0.05) is 29.7 Å². The summed E-state index contributed by atoms with van der Waals surface area (Å²) in [5.41, 5.74) is 13.1. The fraction of sp³-hybridized carbons (Fsp3) is 0.185. The van der Waals surface area contributed by atoms with E-state index in [9.17, 15) is 9.90 Å². The number of carbonyl (C=O) groups excluding carboxylic acids is 1. The number of aliphatic hydroxyl groups excluding tert-OH is 1. The van der Waals surface area contributed by atoms with Gasteiger partial charge in [0.2, 0.25) is 5.91 Å². The average Bonchev–Trinajstić information content (AvgIpc) is 2.80. The third-order valence-corrected chi connectivity index (χ3v) is 5.57. The summed E-state index contributed by atoms with van der Waals surface area (Å²) in [6.07, 6.45) is 0.912. The molecule has 0 aliphatic rings. The van der Waals surface area contributed by atoms with Crippen molar-refractivity contribution in [3.8, 4) is 0 Å². The Balaban J connectivity index is 1.59. The van der Waals surface area contributed by atoms with Crippen LogP contribution in [0.2, 0.25) is 0 Å². The molecule has 0 fully saturated rings. The molecule has 5 nitrogen and oxygen atoms in total. The van der Waals surface area contributed by atoms with Crippen molar-refractivity contribution in [2.45, 2.75) is 32.9 Å². The fourth-order valence-corrected chi connectivity index (χ4v) is 4.04. The number of pyridine rings is 1. The Morgan fingerprint density at radius 1 is 0.938 bits per heavy atom. The zero-order valence-electron chi connectivity index (χ0n) is 18.1. The molecule has 0 saturated heterocycles. The molecule has 0 unspecified atom stereocenters. The highest BCUT2D eigenvalue weighted by Crippen LogP contribution is 2.26. The van der Waals surface area contributed by atoms with Crippen LogP contribution in [0, 0.1) is 6.92 Å². The number of carbonyl (C=O) groups is 1. The van der Waals surface area contributed by atoms with Crippen molar-refractivity contribution in [1.82, 2.24) is 4.98 Å². The van der Waals surface area contributed by atoms with Crippen LogP contribution in [-0.2, 0) is 30.8 Å². The number of nitrogens with two attached hydrogens (primary N) is 1. The van der Waals surface area contributed by atoms with Crippen LogP contribution in [-0.4, -0.2) is 16.0 Å². The van der Waals surface area contributed by atoms with E-state index in [-0.39, 0.29) is 18.9 Å². The summed E-state index contributed by atoms with van der Waals surface area (Å²) in [7, 11) is 0. The number of fused-ring (bicyclic) bond motifs is 1. The van der Waals surface area contributed by atoms with Crippen molar-refractivity contribution >= 4 is 22.5 Å². The second-order valence-corrected chi connectivity index (χ2v) is 7.98. The second kappa shape index (κ2) is 9.73. The van der Waals surface area contributed by atoms with Gasteiger partial charge in [0.25, 0.3) is 0 Å². The van der Waals surface area contributed by atoms with Gasteiger partial charge >= 0.3 is 0 Å². The highest BCUT2D eigenvalue weighted by atomic mass is 16.3. The van der Waals surface area contributed by atoms with Crippen molar-refractivity contribution in [2.24, 2.45) is 5.73 Å². The van der Waals surface area contributed by atoms with E-state index in [1.165, 1.54) is 0 Å². The fourth-order valence-electron chi connectivity index (χ4n) is 4.04. The number of para-hydroxylation sites is 2. The molecule has 4 rings (SSSR count). The summed E-state index contributed by atoms with van der Waals surface area (Å²) in [4.78, 5) is 17.5. The lowest BCUT2D eigenvalue weighted by atomic mass is 9.98. The summed E-state index contributed by atoms with van der Waals surface area (Å²) < 4.78 is 0. The van der Waals surface area contributed by atoms with E-state index in [1.807, 2.05) is 79.7 Å². The molecule has 3 aromatic carbocycles. The average molecular weight is 426 g/mol. The SMILES string of the molecule is Cc1cc(CO)c2cccc(Cc3ccccc3NC(=O)Cc3cccc(CN)c3)c2n1. The van der Waals surface area contributed by atoms with Crippen molar-refractivity contribution in [2.75, 3.05) is 5.32 Å². The number of aliphatic hydroxyl groups is 1. The second-order valence-electron chi connectivity index (χ2n) is 7.98. The Hall–Kier alpha value is -3.54. The summed E-state index contributed by atoms with van der Waals surface area (Å²) in [6, 6.07) is 23.6. The molecule has 32 heavy (non-hydrogen) atoms. The molecule has 0 saturated carbocycles. The number of aromatic nitrogens is 1. The summed E-state index contributed by atoms with van der Waals surface area (Å²) >= 11 is 0. The number of hydrogen-bond donors (Lipinski definition) is 3. The molecule has 0 radical (unpaired) electrons. The Bertz CT molecular complexity index is 1270. The molecular formula is C27H27N3O2. The lowest BCUT2D eigenvalue weighted by Crippen LogP contribution is -2.16. The first-order chi connectivity index (χ1) is 15.6. The van der Waals surface area contributed by atoms with E-state index in [4.69, 9.17) is 10.7 Å². The van der Waals surface area contributed by atoms with Crippen LogP contribution >= 0.6 is 0 Å². The van der Waals surface area contributed by atoms with Crippen LogP contribution in [0.4, 0.5) is 5.69 Å². The van der Waals surface area contributed by atoms with Crippen LogP contribution < -0.4 is 11.1 Å². The molecular weight excluding hydrogens is 398 g/mol. The first-order valence-corrected chi connectivity index (χ1v) is 10.7. The lowest BCUT2D eigenvalue weighted by Gasteiger charge is -2.14. The van der Waals surface area contributed by atoms with Gasteiger partial charge in [0.1, 0.15) is 0 Å². The number of amides is 1. The lowest BCUT2D eigenvalue weighted by molar-refractivity contribution is -0.115. The molecule has 162 valence electrons. The Labute approximate surface area is 187 Å². The molecule has 1 amide bonds. The highest BCUT2D eigenvalue weighted by molar-refractivity contribution is 5.93. The number of rotatable bonds is 7.